The monoisotopic (exact) mass is 248 g/mol. The number of nitrogens with zero attached hydrogens (tertiary/aromatic N) is 4. The van der Waals surface area contributed by atoms with Crippen LogP contribution in [0, 0.1) is 6.92 Å². The van der Waals surface area contributed by atoms with E-state index in [2.05, 4.69) is 33.8 Å². The molecular weight excluding hydrogens is 228 g/mol. The minimum Gasteiger partial charge on any atom is -0.385 e. The molecule has 0 aliphatic carbocycles. The second kappa shape index (κ2) is 5.82. The number of ether oxygens (including phenoxy) is 1. The number of rotatable bonds is 6. The van der Waals surface area contributed by atoms with Gasteiger partial charge in [0.15, 0.2) is 0 Å². The van der Waals surface area contributed by atoms with Crippen LogP contribution in [0.5, 0.6) is 0 Å². The normalized spacial score (nSPS) is 11.1. The standard InChI is InChI=1S/C13H20N4O/c1-4-16-9-12(14-10-16)13-8-11(2)15-17(13)6-5-7-18-3/h8-10H,4-7H2,1-3H3. The first kappa shape index (κ1) is 12.8. The minimum absolute atomic E-state index is 0.752. The summed E-state index contributed by atoms with van der Waals surface area (Å²) in [4.78, 5) is 4.43. The molecule has 0 atom stereocenters. The lowest BCUT2D eigenvalue weighted by atomic mass is 10.3. The van der Waals surface area contributed by atoms with Gasteiger partial charge >= 0.3 is 0 Å². The first-order valence-electron chi connectivity index (χ1n) is 6.30. The quantitative estimate of drug-likeness (QED) is 0.735. The second-order valence-electron chi connectivity index (χ2n) is 4.33. The Morgan fingerprint density at radius 2 is 2.22 bits per heavy atom. The molecule has 0 saturated heterocycles. The van der Waals surface area contributed by atoms with Crippen LogP contribution in [0.1, 0.15) is 19.0 Å². The van der Waals surface area contributed by atoms with Crippen molar-refractivity contribution in [1.29, 1.82) is 0 Å². The molecule has 0 aromatic carbocycles. The number of hydrogen-bond acceptors (Lipinski definition) is 3. The molecule has 0 aliphatic heterocycles. The summed E-state index contributed by atoms with van der Waals surface area (Å²) < 4.78 is 9.15. The third kappa shape index (κ3) is 2.79. The van der Waals surface area contributed by atoms with Gasteiger partial charge < -0.3 is 9.30 Å². The van der Waals surface area contributed by atoms with E-state index in [0.717, 1.165) is 43.2 Å². The minimum atomic E-state index is 0.752. The molecule has 2 rings (SSSR count). The smallest absolute Gasteiger partial charge is 0.106 e. The van der Waals surface area contributed by atoms with Crippen LogP contribution in [0.4, 0.5) is 0 Å². The Morgan fingerprint density at radius 1 is 1.39 bits per heavy atom. The Balaban J connectivity index is 2.20. The Bertz CT molecular complexity index is 501. The molecule has 2 aromatic rings. The Kier molecular flexibility index (Phi) is 4.15. The zero-order chi connectivity index (χ0) is 13.0. The van der Waals surface area contributed by atoms with E-state index in [1.165, 1.54) is 0 Å². The van der Waals surface area contributed by atoms with Gasteiger partial charge in [0.25, 0.3) is 0 Å². The zero-order valence-corrected chi connectivity index (χ0v) is 11.3. The van der Waals surface area contributed by atoms with Crippen molar-refractivity contribution in [2.24, 2.45) is 0 Å². The second-order valence-corrected chi connectivity index (χ2v) is 4.33. The molecule has 0 bridgehead atoms. The van der Waals surface area contributed by atoms with Crippen molar-refractivity contribution in [2.45, 2.75) is 33.4 Å². The summed E-state index contributed by atoms with van der Waals surface area (Å²) in [5.41, 5.74) is 3.08. The highest BCUT2D eigenvalue weighted by atomic mass is 16.5. The van der Waals surface area contributed by atoms with E-state index >= 15 is 0 Å². The SMILES string of the molecule is CCn1cnc(-c2cc(C)nn2CCCOC)c1. The molecule has 0 unspecified atom stereocenters. The summed E-state index contributed by atoms with van der Waals surface area (Å²) in [5, 5.41) is 4.51. The molecule has 0 fully saturated rings. The summed E-state index contributed by atoms with van der Waals surface area (Å²) in [6.45, 7) is 6.65. The van der Waals surface area contributed by atoms with Gasteiger partial charge in [0.2, 0.25) is 0 Å². The van der Waals surface area contributed by atoms with Gasteiger partial charge in [-0.05, 0) is 26.3 Å². The van der Waals surface area contributed by atoms with Crippen molar-refractivity contribution in [1.82, 2.24) is 19.3 Å². The Morgan fingerprint density at radius 3 is 2.89 bits per heavy atom. The molecule has 0 spiro atoms. The van der Waals surface area contributed by atoms with Gasteiger partial charge in [0.05, 0.1) is 17.7 Å². The van der Waals surface area contributed by atoms with Gasteiger partial charge in [-0.15, -0.1) is 0 Å². The highest BCUT2D eigenvalue weighted by Gasteiger charge is 2.10. The molecule has 5 nitrogen and oxygen atoms in total. The summed E-state index contributed by atoms with van der Waals surface area (Å²) in [5.74, 6) is 0. The van der Waals surface area contributed by atoms with Crippen molar-refractivity contribution >= 4 is 0 Å². The lowest BCUT2D eigenvalue weighted by molar-refractivity contribution is 0.189. The summed E-state index contributed by atoms with van der Waals surface area (Å²) >= 11 is 0. The Labute approximate surface area is 107 Å². The molecule has 0 N–H and O–H groups in total. The lowest BCUT2D eigenvalue weighted by Gasteiger charge is -2.05. The van der Waals surface area contributed by atoms with Crippen LogP contribution in [0.2, 0.25) is 0 Å². The molecular formula is C13H20N4O. The van der Waals surface area contributed by atoms with Crippen LogP contribution in [-0.2, 0) is 17.8 Å². The van der Waals surface area contributed by atoms with Gasteiger partial charge in [0, 0.05) is 33.0 Å². The van der Waals surface area contributed by atoms with Crippen LogP contribution < -0.4 is 0 Å². The maximum absolute atomic E-state index is 5.08. The van der Waals surface area contributed by atoms with Crippen LogP contribution in [0.3, 0.4) is 0 Å². The van der Waals surface area contributed by atoms with E-state index < -0.39 is 0 Å². The third-order valence-corrected chi connectivity index (χ3v) is 2.88. The van der Waals surface area contributed by atoms with Crippen LogP contribution in [-0.4, -0.2) is 33.0 Å². The summed E-state index contributed by atoms with van der Waals surface area (Å²) in [6, 6.07) is 2.08. The zero-order valence-electron chi connectivity index (χ0n) is 11.3. The van der Waals surface area contributed by atoms with E-state index in [1.807, 2.05) is 17.9 Å². The summed E-state index contributed by atoms with van der Waals surface area (Å²) in [7, 11) is 1.72. The average molecular weight is 248 g/mol. The third-order valence-electron chi connectivity index (χ3n) is 2.88. The predicted octanol–water partition coefficient (Wildman–Crippen LogP) is 2.11. The first-order valence-corrected chi connectivity index (χ1v) is 6.30. The van der Waals surface area contributed by atoms with E-state index in [0.29, 0.717) is 0 Å². The highest BCUT2D eigenvalue weighted by Crippen LogP contribution is 2.18. The molecule has 0 amide bonds. The van der Waals surface area contributed by atoms with Crippen molar-refractivity contribution in [3.8, 4) is 11.4 Å². The average Bonchev–Trinajstić information content (AvgIpc) is 2.96. The van der Waals surface area contributed by atoms with Gasteiger partial charge in [0.1, 0.15) is 5.69 Å². The highest BCUT2D eigenvalue weighted by molar-refractivity contribution is 5.54. The van der Waals surface area contributed by atoms with Crippen molar-refractivity contribution in [3.63, 3.8) is 0 Å². The van der Waals surface area contributed by atoms with E-state index in [9.17, 15) is 0 Å². The molecule has 18 heavy (non-hydrogen) atoms. The van der Waals surface area contributed by atoms with E-state index in [-0.39, 0.29) is 0 Å². The fourth-order valence-corrected chi connectivity index (χ4v) is 1.95. The number of hydrogen-bond donors (Lipinski definition) is 0. The number of aromatic nitrogens is 4. The Hall–Kier alpha value is -1.62. The summed E-state index contributed by atoms with van der Waals surface area (Å²) in [6.07, 6.45) is 4.87. The fraction of sp³-hybridized carbons (Fsp3) is 0.538. The maximum Gasteiger partial charge on any atom is 0.106 e. The topological polar surface area (TPSA) is 44.9 Å². The largest absolute Gasteiger partial charge is 0.385 e. The van der Waals surface area contributed by atoms with Crippen LogP contribution in [0.25, 0.3) is 11.4 Å². The predicted molar refractivity (Wildman–Crippen MR) is 70.4 cm³/mol. The molecule has 0 radical (unpaired) electrons. The van der Waals surface area contributed by atoms with Crippen molar-refractivity contribution in [2.75, 3.05) is 13.7 Å². The molecule has 2 aromatic heterocycles. The van der Waals surface area contributed by atoms with E-state index in [1.54, 1.807) is 7.11 Å². The van der Waals surface area contributed by atoms with Gasteiger partial charge in [-0.25, -0.2) is 4.98 Å². The lowest BCUT2D eigenvalue weighted by Crippen LogP contribution is -2.05. The number of imidazole rings is 1. The van der Waals surface area contributed by atoms with E-state index in [4.69, 9.17) is 4.74 Å². The van der Waals surface area contributed by atoms with Gasteiger partial charge in [-0.3, -0.25) is 4.68 Å². The fourth-order valence-electron chi connectivity index (χ4n) is 1.95. The molecule has 98 valence electrons. The van der Waals surface area contributed by atoms with Gasteiger partial charge in [-0.1, -0.05) is 0 Å². The number of aryl methyl sites for hydroxylation is 3. The van der Waals surface area contributed by atoms with Gasteiger partial charge in [-0.2, -0.15) is 5.10 Å². The molecule has 0 aliphatic rings. The number of methoxy groups -OCH3 is 1. The van der Waals surface area contributed by atoms with Crippen molar-refractivity contribution in [3.05, 3.63) is 24.3 Å². The molecule has 0 saturated carbocycles. The van der Waals surface area contributed by atoms with Crippen molar-refractivity contribution < 1.29 is 4.74 Å². The molecule has 2 heterocycles. The van der Waals surface area contributed by atoms with Crippen LogP contribution in [0.15, 0.2) is 18.6 Å². The first-order chi connectivity index (χ1) is 8.74. The maximum atomic E-state index is 5.08. The van der Waals surface area contributed by atoms with Crippen LogP contribution >= 0.6 is 0 Å². The molecule has 5 heteroatoms.